The fourth-order valence-electron chi connectivity index (χ4n) is 4.03. The third kappa shape index (κ3) is 3.30. The van der Waals surface area contributed by atoms with Crippen LogP contribution >= 0.6 is 23.6 Å². The highest BCUT2D eigenvalue weighted by Crippen LogP contribution is 2.39. The van der Waals surface area contributed by atoms with Crippen molar-refractivity contribution in [2.75, 3.05) is 6.54 Å². The standard InChI is InChI=1S/C21H24N4S2/c1-15-18-10-12-27-19(18)9-11-23(15)14-25-21(26)24(20(22-25)17-7-8-17)13-16-5-3-2-4-6-16/h2-6,10,12,15,17H,7-9,11,13-14H2,1H3/t15-/m0/s1. The quantitative estimate of drug-likeness (QED) is 0.569. The topological polar surface area (TPSA) is 26.0 Å². The van der Waals surface area contributed by atoms with Crippen molar-refractivity contribution in [2.45, 2.75) is 51.4 Å². The molecule has 2 aromatic heterocycles. The number of fused-ring (bicyclic) bond motifs is 1. The summed E-state index contributed by atoms with van der Waals surface area (Å²) in [6.07, 6.45) is 3.60. The molecule has 1 aliphatic heterocycles. The lowest BCUT2D eigenvalue weighted by atomic mass is 10.0. The van der Waals surface area contributed by atoms with Crippen molar-refractivity contribution in [1.82, 2.24) is 19.2 Å². The molecule has 2 aliphatic rings. The Kier molecular flexibility index (Phi) is 4.50. The summed E-state index contributed by atoms with van der Waals surface area (Å²) in [5.74, 6) is 1.75. The Labute approximate surface area is 169 Å². The number of thiophene rings is 1. The zero-order valence-corrected chi connectivity index (χ0v) is 17.2. The highest BCUT2D eigenvalue weighted by molar-refractivity contribution is 7.71. The summed E-state index contributed by atoms with van der Waals surface area (Å²) in [7, 11) is 0. The van der Waals surface area contributed by atoms with Crippen LogP contribution in [0.4, 0.5) is 0 Å². The summed E-state index contributed by atoms with van der Waals surface area (Å²) in [5, 5.41) is 7.19. The largest absolute Gasteiger partial charge is 0.299 e. The summed E-state index contributed by atoms with van der Waals surface area (Å²) in [6.45, 7) is 4.96. The molecule has 1 fully saturated rings. The van der Waals surface area contributed by atoms with Gasteiger partial charge in [0.05, 0.1) is 13.2 Å². The lowest BCUT2D eigenvalue weighted by Crippen LogP contribution is -2.35. The van der Waals surface area contributed by atoms with Crippen molar-refractivity contribution in [3.63, 3.8) is 0 Å². The second-order valence-corrected chi connectivity index (χ2v) is 9.03. The molecule has 140 valence electrons. The molecule has 5 rings (SSSR count). The van der Waals surface area contributed by atoms with Gasteiger partial charge < -0.3 is 0 Å². The maximum atomic E-state index is 5.87. The van der Waals surface area contributed by atoms with Gasteiger partial charge in [-0.3, -0.25) is 9.47 Å². The third-order valence-corrected chi connectivity index (χ3v) is 7.22. The van der Waals surface area contributed by atoms with E-state index in [-0.39, 0.29) is 0 Å². The van der Waals surface area contributed by atoms with Crippen LogP contribution in [0.2, 0.25) is 0 Å². The van der Waals surface area contributed by atoms with E-state index in [0.29, 0.717) is 12.0 Å². The van der Waals surface area contributed by atoms with Gasteiger partial charge in [0.1, 0.15) is 5.82 Å². The first-order valence-corrected chi connectivity index (χ1v) is 11.0. The normalized spacial score (nSPS) is 20.0. The molecule has 6 heteroatoms. The predicted octanol–water partition coefficient (Wildman–Crippen LogP) is 4.98. The van der Waals surface area contributed by atoms with E-state index in [4.69, 9.17) is 17.3 Å². The Morgan fingerprint density at radius 3 is 2.78 bits per heavy atom. The Hall–Kier alpha value is -1.76. The summed E-state index contributed by atoms with van der Waals surface area (Å²) in [5.41, 5.74) is 2.76. The fourth-order valence-corrected chi connectivity index (χ4v) is 5.25. The monoisotopic (exact) mass is 396 g/mol. The minimum Gasteiger partial charge on any atom is -0.299 e. The Balaban J connectivity index is 1.43. The molecule has 4 nitrogen and oxygen atoms in total. The number of benzene rings is 1. The molecule has 0 N–H and O–H groups in total. The number of rotatable bonds is 5. The smallest absolute Gasteiger partial charge is 0.199 e. The number of aromatic nitrogens is 3. The summed E-state index contributed by atoms with van der Waals surface area (Å²) in [4.78, 5) is 4.04. The molecule has 0 amide bonds. The van der Waals surface area contributed by atoms with E-state index in [1.54, 1.807) is 0 Å². The maximum Gasteiger partial charge on any atom is 0.199 e. The molecule has 0 spiro atoms. The van der Waals surface area contributed by atoms with Crippen LogP contribution in [0.1, 0.15) is 53.6 Å². The van der Waals surface area contributed by atoms with Crippen LogP contribution in [-0.4, -0.2) is 25.8 Å². The molecule has 1 atom stereocenters. The van der Waals surface area contributed by atoms with Crippen molar-refractivity contribution in [2.24, 2.45) is 0 Å². The molecule has 1 aliphatic carbocycles. The highest BCUT2D eigenvalue weighted by Gasteiger charge is 2.31. The first-order valence-electron chi connectivity index (χ1n) is 9.72. The average Bonchev–Trinajstić information content (AvgIpc) is 3.34. The number of hydrogen-bond acceptors (Lipinski definition) is 4. The third-order valence-electron chi connectivity index (χ3n) is 5.80. The molecular weight excluding hydrogens is 372 g/mol. The minimum atomic E-state index is 0.422. The number of nitrogens with zero attached hydrogens (tertiary/aromatic N) is 4. The van der Waals surface area contributed by atoms with Crippen molar-refractivity contribution in [3.05, 3.63) is 68.4 Å². The molecule has 0 bridgehead atoms. The van der Waals surface area contributed by atoms with Crippen LogP contribution in [0.25, 0.3) is 0 Å². The van der Waals surface area contributed by atoms with Gasteiger partial charge in [0.2, 0.25) is 0 Å². The average molecular weight is 397 g/mol. The zero-order chi connectivity index (χ0) is 18.4. The van der Waals surface area contributed by atoms with Gasteiger partial charge in [0, 0.05) is 23.4 Å². The molecule has 1 saturated carbocycles. The SMILES string of the molecule is C[C@H]1c2ccsc2CCN1Cn1nc(C2CC2)n(Cc2ccccc2)c1=S. The van der Waals surface area contributed by atoms with E-state index in [1.807, 2.05) is 11.3 Å². The summed E-state index contributed by atoms with van der Waals surface area (Å²) < 4.78 is 5.16. The first kappa shape index (κ1) is 17.3. The lowest BCUT2D eigenvalue weighted by molar-refractivity contribution is 0.144. The molecule has 1 aromatic carbocycles. The Bertz CT molecular complexity index is 997. The molecule has 3 heterocycles. The van der Waals surface area contributed by atoms with Gasteiger partial charge >= 0.3 is 0 Å². The van der Waals surface area contributed by atoms with Crippen molar-refractivity contribution in [1.29, 1.82) is 0 Å². The van der Waals surface area contributed by atoms with Gasteiger partial charge in [-0.15, -0.1) is 11.3 Å². The maximum absolute atomic E-state index is 5.87. The highest BCUT2D eigenvalue weighted by atomic mass is 32.1. The van der Waals surface area contributed by atoms with Gasteiger partial charge in [0.25, 0.3) is 0 Å². The van der Waals surface area contributed by atoms with E-state index in [1.165, 1.54) is 34.7 Å². The Morgan fingerprint density at radius 2 is 2.00 bits per heavy atom. The molecule has 27 heavy (non-hydrogen) atoms. The van der Waals surface area contributed by atoms with Crippen molar-refractivity contribution < 1.29 is 0 Å². The van der Waals surface area contributed by atoms with Crippen molar-refractivity contribution in [3.8, 4) is 0 Å². The van der Waals surface area contributed by atoms with Gasteiger partial charge in [-0.1, -0.05) is 30.3 Å². The Morgan fingerprint density at radius 1 is 1.19 bits per heavy atom. The minimum absolute atomic E-state index is 0.422. The van der Waals surface area contributed by atoms with Crippen LogP contribution in [0, 0.1) is 4.77 Å². The second-order valence-electron chi connectivity index (χ2n) is 7.67. The van der Waals surface area contributed by atoms with Crippen LogP contribution in [0.3, 0.4) is 0 Å². The fraction of sp³-hybridized carbons (Fsp3) is 0.429. The first-order chi connectivity index (χ1) is 13.2. The van der Waals surface area contributed by atoms with E-state index in [9.17, 15) is 0 Å². The van der Waals surface area contributed by atoms with Crippen molar-refractivity contribution >= 4 is 23.6 Å². The summed E-state index contributed by atoms with van der Waals surface area (Å²) in [6, 6.07) is 13.3. The van der Waals surface area contributed by atoms with E-state index in [0.717, 1.165) is 31.0 Å². The van der Waals surface area contributed by atoms with E-state index in [2.05, 4.69) is 62.9 Å². The van der Waals surface area contributed by atoms with E-state index < -0.39 is 0 Å². The lowest BCUT2D eigenvalue weighted by Gasteiger charge is -2.33. The van der Waals surface area contributed by atoms with Gasteiger partial charge in [0.15, 0.2) is 4.77 Å². The van der Waals surface area contributed by atoms with Crippen LogP contribution < -0.4 is 0 Å². The van der Waals surface area contributed by atoms with Gasteiger partial charge in [-0.05, 0) is 61.0 Å². The summed E-state index contributed by atoms with van der Waals surface area (Å²) >= 11 is 7.75. The van der Waals surface area contributed by atoms with Crippen LogP contribution in [-0.2, 0) is 19.6 Å². The molecule has 0 radical (unpaired) electrons. The van der Waals surface area contributed by atoms with Gasteiger partial charge in [-0.2, -0.15) is 5.10 Å². The zero-order valence-electron chi connectivity index (χ0n) is 15.5. The predicted molar refractivity (Wildman–Crippen MR) is 112 cm³/mol. The second kappa shape index (κ2) is 7.00. The number of hydrogen-bond donors (Lipinski definition) is 0. The van der Waals surface area contributed by atoms with Gasteiger partial charge in [-0.25, -0.2) is 4.68 Å². The van der Waals surface area contributed by atoms with Crippen LogP contribution in [0.15, 0.2) is 41.8 Å². The molecule has 0 saturated heterocycles. The van der Waals surface area contributed by atoms with E-state index >= 15 is 0 Å². The van der Waals surface area contributed by atoms with Crippen LogP contribution in [0.5, 0.6) is 0 Å². The molecule has 0 unspecified atom stereocenters. The molecule has 3 aromatic rings. The molecular formula is C21H24N4S2.